The molecule has 1 aliphatic heterocycles. The van der Waals surface area contributed by atoms with E-state index in [1.165, 1.54) is 13.2 Å². The van der Waals surface area contributed by atoms with Crippen molar-refractivity contribution in [3.63, 3.8) is 0 Å². The molecule has 4 heteroatoms. The van der Waals surface area contributed by atoms with Gasteiger partial charge in [0.2, 0.25) is 0 Å². The van der Waals surface area contributed by atoms with E-state index < -0.39 is 12.1 Å². The average Bonchev–Trinajstić information content (AvgIpc) is 2.46. The summed E-state index contributed by atoms with van der Waals surface area (Å²) in [5.74, 6) is 0.0557. The molecule has 13 heavy (non-hydrogen) atoms. The number of carbonyl (C=O) groups excluding carboxylic acids is 2. The Morgan fingerprint density at radius 1 is 1.69 bits per heavy atom. The van der Waals surface area contributed by atoms with Gasteiger partial charge < -0.3 is 9.47 Å². The van der Waals surface area contributed by atoms with Gasteiger partial charge in [-0.1, -0.05) is 6.92 Å². The number of cyclic esters (lactones) is 1. The van der Waals surface area contributed by atoms with Crippen molar-refractivity contribution >= 4 is 11.8 Å². The van der Waals surface area contributed by atoms with E-state index in [-0.39, 0.29) is 12.2 Å². The molecule has 0 spiro atoms. The second-order valence-electron chi connectivity index (χ2n) is 2.77. The molecule has 0 aromatic heterocycles. The van der Waals surface area contributed by atoms with Crippen LogP contribution in [0.15, 0.2) is 11.8 Å². The predicted molar refractivity (Wildman–Crippen MR) is 44.9 cm³/mol. The molecular weight excluding hydrogens is 172 g/mol. The maximum Gasteiger partial charge on any atom is 0.335 e. The highest BCUT2D eigenvalue weighted by Crippen LogP contribution is 2.19. The van der Waals surface area contributed by atoms with E-state index >= 15 is 0 Å². The third kappa shape index (κ3) is 2.31. The number of ketones is 1. The lowest BCUT2D eigenvalue weighted by molar-refractivity contribution is -0.140. The third-order valence-corrected chi connectivity index (χ3v) is 1.88. The van der Waals surface area contributed by atoms with Crippen LogP contribution in [0.4, 0.5) is 0 Å². The molecule has 0 amide bonds. The summed E-state index contributed by atoms with van der Waals surface area (Å²) >= 11 is 0. The lowest BCUT2D eigenvalue weighted by Crippen LogP contribution is -2.17. The molecule has 0 saturated heterocycles. The fourth-order valence-corrected chi connectivity index (χ4v) is 1.13. The number of methoxy groups -OCH3 is 1. The maximum absolute atomic E-state index is 11.1. The van der Waals surface area contributed by atoms with Crippen LogP contribution >= 0.6 is 0 Å². The predicted octanol–water partition coefficient (Wildman–Crippen LogP) is 0.811. The van der Waals surface area contributed by atoms with Gasteiger partial charge in [-0.15, -0.1) is 0 Å². The SMILES string of the molecule is CCC(=O)C[C@@H]1OC(=O)C=C1OC. The zero-order chi connectivity index (χ0) is 9.84. The molecule has 1 aliphatic rings. The summed E-state index contributed by atoms with van der Waals surface area (Å²) in [7, 11) is 1.46. The molecule has 0 radical (unpaired) electrons. The molecule has 72 valence electrons. The fraction of sp³-hybridized carbons (Fsp3) is 0.556. The van der Waals surface area contributed by atoms with Crippen LogP contribution in [0.5, 0.6) is 0 Å². The van der Waals surface area contributed by atoms with E-state index in [2.05, 4.69) is 0 Å². The van der Waals surface area contributed by atoms with Gasteiger partial charge in [0.1, 0.15) is 11.5 Å². The standard InChI is InChI=1S/C9H12O4/c1-3-6(10)4-8-7(12-2)5-9(11)13-8/h5,8H,3-4H2,1-2H3/t8-/m0/s1. The molecule has 0 bridgehead atoms. The Hall–Kier alpha value is -1.32. The van der Waals surface area contributed by atoms with E-state index in [1.54, 1.807) is 6.92 Å². The van der Waals surface area contributed by atoms with Crippen molar-refractivity contribution in [2.45, 2.75) is 25.9 Å². The number of rotatable bonds is 4. The number of esters is 1. The van der Waals surface area contributed by atoms with Crippen LogP contribution in [0.1, 0.15) is 19.8 Å². The summed E-state index contributed by atoms with van der Waals surface area (Å²) in [6, 6.07) is 0. The number of carbonyl (C=O) groups is 2. The molecule has 0 unspecified atom stereocenters. The van der Waals surface area contributed by atoms with Gasteiger partial charge in [0.05, 0.1) is 19.6 Å². The lowest BCUT2D eigenvalue weighted by Gasteiger charge is -2.11. The molecule has 0 saturated carbocycles. The summed E-state index contributed by atoms with van der Waals surface area (Å²) < 4.78 is 9.76. The van der Waals surface area contributed by atoms with Gasteiger partial charge in [-0.25, -0.2) is 4.79 Å². The molecule has 1 heterocycles. The van der Waals surface area contributed by atoms with E-state index in [4.69, 9.17) is 9.47 Å². The smallest absolute Gasteiger partial charge is 0.335 e. The topological polar surface area (TPSA) is 52.6 Å². The normalized spacial score (nSPS) is 20.9. The van der Waals surface area contributed by atoms with Crippen LogP contribution in [0.25, 0.3) is 0 Å². The minimum absolute atomic E-state index is 0.0580. The van der Waals surface area contributed by atoms with Gasteiger partial charge in [0.25, 0.3) is 0 Å². The molecule has 1 atom stereocenters. The van der Waals surface area contributed by atoms with Crippen molar-refractivity contribution in [3.05, 3.63) is 11.8 Å². The first-order chi connectivity index (χ1) is 6.17. The molecule has 0 aromatic rings. The molecule has 0 aromatic carbocycles. The zero-order valence-corrected chi connectivity index (χ0v) is 7.70. The van der Waals surface area contributed by atoms with E-state index in [0.717, 1.165) is 0 Å². The van der Waals surface area contributed by atoms with Crippen LogP contribution in [0, 0.1) is 0 Å². The zero-order valence-electron chi connectivity index (χ0n) is 7.70. The van der Waals surface area contributed by atoms with Crippen LogP contribution in [0.3, 0.4) is 0 Å². The average molecular weight is 184 g/mol. The van der Waals surface area contributed by atoms with Crippen LogP contribution in [-0.2, 0) is 19.1 Å². The fourth-order valence-electron chi connectivity index (χ4n) is 1.13. The van der Waals surface area contributed by atoms with Gasteiger partial charge in [-0.2, -0.15) is 0 Å². The lowest BCUT2D eigenvalue weighted by atomic mass is 10.1. The van der Waals surface area contributed by atoms with E-state index in [0.29, 0.717) is 12.2 Å². The molecule has 0 aliphatic carbocycles. The minimum atomic E-state index is -0.509. The van der Waals surface area contributed by atoms with Gasteiger partial charge >= 0.3 is 5.97 Å². The number of Topliss-reactive ketones (excluding diaryl/α,β-unsaturated/α-hetero) is 1. The van der Waals surface area contributed by atoms with Crippen molar-refractivity contribution < 1.29 is 19.1 Å². The molecule has 0 fully saturated rings. The van der Waals surface area contributed by atoms with Crippen LogP contribution < -0.4 is 0 Å². The van der Waals surface area contributed by atoms with Gasteiger partial charge in [-0.05, 0) is 0 Å². The first-order valence-electron chi connectivity index (χ1n) is 4.15. The Morgan fingerprint density at radius 2 is 2.38 bits per heavy atom. The summed E-state index contributed by atoms with van der Waals surface area (Å²) in [6.45, 7) is 1.77. The number of ether oxygens (including phenoxy) is 2. The highest BCUT2D eigenvalue weighted by Gasteiger charge is 2.28. The van der Waals surface area contributed by atoms with Crippen molar-refractivity contribution in [1.82, 2.24) is 0 Å². The Morgan fingerprint density at radius 3 is 2.92 bits per heavy atom. The third-order valence-electron chi connectivity index (χ3n) is 1.88. The quantitative estimate of drug-likeness (QED) is 0.607. The van der Waals surface area contributed by atoms with Crippen LogP contribution in [0.2, 0.25) is 0 Å². The highest BCUT2D eigenvalue weighted by molar-refractivity contribution is 5.87. The van der Waals surface area contributed by atoms with Gasteiger partial charge in [0, 0.05) is 6.42 Å². The Labute approximate surface area is 76.5 Å². The number of hydrogen-bond donors (Lipinski definition) is 0. The Kier molecular flexibility index (Phi) is 3.06. The minimum Gasteiger partial charge on any atom is -0.497 e. The van der Waals surface area contributed by atoms with Gasteiger partial charge in [0.15, 0.2) is 6.10 Å². The molecule has 0 N–H and O–H groups in total. The number of hydrogen-bond acceptors (Lipinski definition) is 4. The van der Waals surface area contributed by atoms with Crippen molar-refractivity contribution in [1.29, 1.82) is 0 Å². The second-order valence-corrected chi connectivity index (χ2v) is 2.77. The van der Waals surface area contributed by atoms with E-state index in [1.807, 2.05) is 0 Å². The summed E-state index contributed by atoms with van der Waals surface area (Å²) in [4.78, 5) is 21.9. The summed E-state index contributed by atoms with van der Waals surface area (Å²) in [5, 5.41) is 0. The molecule has 1 rings (SSSR count). The summed E-state index contributed by atoms with van der Waals surface area (Å²) in [6.07, 6.45) is 1.42. The molecular formula is C9H12O4. The first kappa shape index (κ1) is 9.77. The second kappa shape index (κ2) is 4.07. The Bertz CT molecular complexity index is 254. The van der Waals surface area contributed by atoms with Crippen molar-refractivity contribution in [2.24, 2.45) is 0 Å². The van der Waals surface area contributed by atoms with Crippen molar-refractivity contribution in [2.75, 3.05) is 7.11 Å². The highest BCUT2D eigenvalue weighted by atomic mass is 16.6. The van der Waals surface area contributed by atoms with Crippen molar-refractivity contribution in [3.8, 4) is 0 Å². The summed E-state index contributed by atoms with van der Waals surface area (Å²) in [5.41, 5.74) is 0. The maximum atomic E-state index is 11.1. The first-order valence-corrected chi connectivity index (χ1v) is 4.15. The monoisotopic (exact) mass is 184 g/mol. The molecule has 4 nitrogen and oxygen atoms in total. The van der Waals surface area contributed by atoms with E-state index in [9.17, 15) is 9.59 Å². The van der Waals surface area contributed by atoms with Crippen LogP contribution in [-0.4, -0.2) is 25.0 Å². The Balaban J connectivity index is 2.57. The largest absolute Gasteiger partial charge is 0.497 e. The van der Waals surface area contributed by atoms with Gasteiger partial charge in [-0.3, -0.25) is 4.79 Å².